The first-order valence-corrected chi connectivity index (χ1v) is 9.40. The molecule has 5 heteroatoms. The lowest BCUT2D eigenvalue weighted by molar-refractivity contribution is -0.167. The summed E-state index contributed by atoms with van der Waals surface area (Å²) in [4.78, 5) is 24.9. The van der Waals surface area contributed by atoms with Crippen LogP contribution in [0.4, 0.5) is 0 Å². The SMILES string of the molecule is CC(=O)O[C@H]1C/C=C(/C)Cc2occ(C)c2C[C@@H]2[C@]1(C)C(=O)C=C[C@]2(C)O. The van der Waals surface area contributed by atoms with E-state index in [0.29, 0.717) is 19.3 Å². The molecule has 2 aliphatic carbocycles. The molecule has 5 nitrogen and oxygen atoms in total. The van der Waals surface area contributed by atoms with Crippen LogP contribution in [0.5, 0.6) is 0 Å². The Morgan fingerprint density at radius 3 is 2.70 bits per heavy atom. The summed E-state index contributed by atoms with van der Waals surface area (Å²) < 4.78 is 11.4. The molecule has 0 fully saturated rings. The Kier molecular flexibility index (Phi) is 4.93. The number of carbonyl (C=O) groups excluding carboxylic acids is 2. The summed E-state index contributed by atoms with van der Waals surface area (Å²) in [6, 6.07) is 0. The molecule has 0 amide bonds. The molecule has 146 valence electrons. The number of carbonyl (C=O) groups is 2. The summed E-state index contributed by atoms with van der Waals surface area (Å²) in [6.45, 7) is 8.86. The highest BCUT2D eigenvalue weighted by Crippen LogP contribution is 2.48. The van der Waals surface area contributed by atoms with Gasteiger partial charge in [-0.25, -0.2) is 0 Å². The van der Waals surface area contributed by atoms with E-state index in [2.05, 4.69) is 0 Å². The van der Waals surface area contributed by atoms with Crippen molar-refractivity contribution in [1.29, 1.82) is 0 Å². The fourth-order valence-electron chi connectivity index (χ4n) is 4.52. The van der Waals surface area contributed by atoms with E-state index in [1.54, 1.807) is 19.3 Å². The Hall–Kier alpha value is -2.14. The Bertz CT molecular complexity index is 826. The minimum atomic E-state index is -1.21. The van der Waals surface area contributed by atoms with Gasteiger partial charge in [0.05, 0.1) is 17.3 Å². The maximum Gasteiger partial charge on any atom is 0.302 e. The second-order valence-corrected chi connectivity index (χ2v) is 8.34. The molecule has 0 bridgehead atoms. The average molecular weight is 372 g/mol. The van der Waals surface area contributed by atoms with Crippen LogP contribution in [0.1, 0.15) is 51.0 Å². The van der Waals surface area contributed by atoms with E-state index in [1.165, 1.54) is 13.0 Å². The Balaban J connectivity index is 2.20. The highest BCUT2D eigenvalue weighted by Gasteiger charge is 2.56. The third-order valence-electron chi connectivity index (χ3n) is 6.23. The highest BCUT2D eigenvalue weighted by molar-refractivity contribution is 5.97. The van der Waals surface area contributed by atoms with Crippen molar-refractivity contribution in [1.82, 2.24) is 0 Å². The second-order valence-electron chi connectivity index (χ2n) is 8.34. The molecule has 1 aromatic rings. The lowest BCUT2D eigenvalue weighted by atomic mass is 9.58. The van der Waals surface area contributed by atoms with E-state index in [9.17, 15) is 14.7 Å². The predicted octanol–water partition coefficient (Wildman–Crippen LogP) is 3.47. The van der Waals surface area contributed by atoms with Crippen LogP contribution >= 0.6 is 0 Å². The summed E-state index contributed by atoms with van der Waals surface area (Å²) in [5, 5.41) is 11.2. The molecule has 0 saturated carbocycles. The Labute approximate surface area is 160 Å². The summed E-state index contributed by atoms with van der Waals surface area (Å²) in [5.74, 6) is -0.133. The third kappa shape index (κ3) is 3.41. The molecule has 0 aromatic carbocycles. The fraction of sp³-hybridized carbons (Fsp3) is 0.545. The number of allylic oxidation sites excluding steroid dienone is 2. The van der Waals surface area contributed by atoms with E-state index < -0.39 is 29.0 Å². The van der Waals surface area contributed by atoms with Crippen molar-refractivity contribution in [2.24, 2.45) is 11.3 Å². The number of esters is 1. The van der Waals surface area contributed by atoms with Gasteiger partial charge in [0, 0.05) is 25.7 Å². The lowest BCUT2D eigenvalue weighted by Crippen LogP contribution is -2.57. The smallest absolute Gasteiger partial charge is 0.302 e. The van der Waals surface area contributed by atoms with Crippen LogP contribution in [-0.4, -0.2) is 28.6 Å². The molecular formula is C22H28O5. The number of hydrogen-bond acceptors (Lipinski definition) is 5. The van der Waals surface area contributed by atoms with E-state index in [-0.39, 0.29) is 5.78 Å². The van der Waals surface area contributed by atoms with Gasteiger partial charge < -0.3 is 14.3 Å². The van der Waals surface area contributed by atoms with Crippen molar-refractivity contribution in [2.45, 2.75) is 65.6 Å². The van der Waals surface area contributed by atoms with Crippen molar-refractivity contribution in [3.05, 3.63) is 47.0 Å². The zero-order valence-corrected chi connectivity index (χ0v) is 16.7. The standard InChI is InChI=1S/C22H28O5/c1-13-6-7-20(27-15(3)23)22(5)18(21(4,25)9-8-19(22)24)11-16-14(2)12-26-17(16)10-13/h6,8-9,12,18,20,25H,7,10-11H2,1-5H3/b13-6-/t18-,20-,21-,22+/m0/s1. The molecule has 2 aliphatic rings. The number of ether oxygens (including phenoxy) is 1. The third-order valence-corrected chi connectivity index (χ3v) is 6.23. The monoisotopic (exact) mass is 372 g/mol. The number of rotatable bonds is 1. The molecule has 27 heavy (non-hydrogen) atoms. The Morgan fingerprint density at radius 2 is 2.04 bits per heavy atom. The van der Waals surface area contributed by atoms with Gasteiger partial charge in [-0.15, -0.1) is 0 Å². The number of hydrogen-bond donors (Lipinski definition) is 1. The van der Waals surface area contributed by atoms with Crippen LogP contribution in [0.2, 0.25) is 0 Å². The first-order chi connectivity index (χ1) is 12.6. The van der Waals surface area contributed by atoms with Crippen LogP contribution in [-0.2, 0) is 27.2 Å². The molecule has 0 saturated heterocycles. The molecule has 0 radical (unpaired) electrons. The minimum absolute atomic E-state index is 0.125. The van der Waals surface area contributed by atoms with E-state index in [4.69, 9.17) is 9.15 Å². The predicted molar refractivity (Wildman–Crippen MR) is 101 cm³/mol. The van der Waals surface area contributed by atoms with Gasteiger partial charge in [-0.3, -0.25) is 9.59 Å². The molecule has 1 aromatic heterocycles. The van der Waals surface area contributed by atoms with Crippen LogP contribution in [0.3, 0.4) is 0 Å². The molecule has 3 rings (SSSR count). The largest absolute Gasteiger partial charge is 0.468 e. The molecule has 4 atom stereocenters. The van der Waals surface area contributed by atoms with E-state index in [1.807, 2.05) is 26.8 Å². The zero-order chi connectivity index (χ0) is 20.0. The molecule has 1 heterocycles. The van der Waals surface area contributed by atoms with Crippen molar-refractivity contribution >= 4 is 11.8 Å². The summed E-state index contributed by atoms with van der Waals surface area (Å²) in [7, 11) is 0. The number of aliphatic hydroxyl groups is 1. The van der Waals surface area contributed by atoms with Crippen molar-refractivity contribution < 1.29 is 23.8 Å². The van der Waals surface area contributed by atoms with Crippen molar-refractivity contribution in [3.63, 3.8) is 0 Å². The summed E-state index contributed by atoms with van der Waals surface area (Å²) in [6.07, 6.45) is 7.63. The van der Waals surface area contributed by atoms with Crippen molar-refractivity contribution in [3.8, 4) is 0 Å². The van der Waals surface area contributed by atoms with Gasteiger partial charge >= 0.3 is 5.97 Å². The highest BCUT2D eigenvalue weighted by atomic mass is 16.5. The fourth-order valence-corrected chi connectivity index (χ4v) is 4.52. The lowest BCUT2D eigenvalue weighted by Gasteiger charge is -2.49. The van der Waals surface area contributed by atoms with Gasteiger partial charge in [-0.1, -0.05) is 11.6 Å². The molecule has 1 N–H and O–H groups in total. The number of ketones is 1. The number of aryl methyl sites for hydroxylation is 1. The van der Waals surface area contributed by atoms with Gasteiger partial charge in [0.25, 0.3) is 0 Å². The first-order valence-electron chi connectivity index (χ1n) is 9.40. The van der Waals surface area contributed by atoms with Crippen LogP contribution in [0, 0.1) is 18.3 Å². The van der Waals surface area contributed by atoms with Gasteiger partial charge in [-0.2, -0.15) is 0 Å². The van der Waals surface area contributed by atoms with Crippen LogP contribution < -0.4 is 0 Å². The van der Waals surface area contributed by atoms with Crippen LogP contribution in [0.15, 0.2) is 34.5 Å². The van der Waals surface area contributed by atoms with Crippen LogP contribution in [0.25, 0.3) is 0 Å². The van der Waals surface area contributed by atoms with E-state index >= 15 is 0 Å². The van der Waals surface area contributed by atoms with Gasteiger partial charge in [0.15, 0.2) is 5.78 Å². The van der Waals surface area contributed by atoms with Gasteiger partial charge in [-0.05, 0) is 57.4 Å². The summed E-state index contributed by atoms with van der Waals surface area (Å²) >= 11 is 0. The average Bonchev–Trinajstić information content (AvgIpc) is 2.91. The topological polar surface area (TPSA) is 76.7 Å². The van der Waals surface area contributed by atoms with E-state index in [0.717, 1.165) is 22.5 Å². The molecule has 0 spiro atoms. The van der Waals surface area contributed by atoms with Gasteiger partial charge in [0.2, 0.25) is 0 Å². The molecule has 0 aliphatic heterocycles. The molecular weight excluding hydrogens is 344 g/mol. The quantitative estimate of drug-likeness (QED) is 0.603. The maximum absolute atomic E-state index is 13.1. The normalized spacial score (nSPS) is 35.6. The minimum Gasteiger partial charge on any atom is -0.468 e. The summed E-state index contributed by atoms with van der Waals surface area (Å²) in [5.41, 5.74) is 0.864. The van der Waals surface area contributed by atoms with Gasteiger partial charge in [0.1, 0.15) is 11.9 Å². The van der Waals surface area contributed by atoms with Crippen molar-refractivity contribution in [2.75, 3.05) is 0 Å². The first kappa shape index (κ1) is 19.6. The number of furan rings is 1. The second kappa shape index (κ2) is 6.79. The Morgan fingerprint density at radius 1 is 1.33 bits per heavy atom. The number of fused-ring (bicyclic) bond motifs is 2. The maximum atomic E-state index is 13.1. The molecule has 0 unspecified atom stereocenters. The zero-order valence-electron chi connectivity index (χ0n) is 16.7.